The summed E-state index contributed by atoms with van der Waals surface area (Å²) in [5.41, 5.74) is 0.0335. The maximum atomic E-state index is 13.8. The Labute approximate surface area is 158 Å². The van der Waals surface area contributed by atoms with Crippen molar-refractivity contribution in [3.63, 3.8) is 0 Å². The number of halogens is 2. The predicted molar refractivity (Wildman–Crippen MR) is 96.0 cm³/mol. The fourth-order valence-corrected chi connectivity index (χ4v) is 3.87. The maximum Gasteiger partial charge on any atom is 0.308 e. The highest BCUT2D eigenvalue weighted by Gasteiger charge is 2.46. The van der Waals surface area contributed by atoms with E-state index in [0.717, 1.165) is 38.9 Å². The van der Waals surface area contributed by atoms with Crippen LogP contribution >= 0.6 is 0 Å². The molecule has 1 aliphatic heterocycles. The van der Waals surface area contributed by atoms with Gasteiger partial charge in [0.2, 0.25) is 5.91 Å². The lowest BCUT2D eigenvalue weighted by Gasteiger charge is -2.30. The number of likely N-dealkylation sites (tertiary alicyclic amines) is 1. The molecule has 148 valence electrons. The number of piperidine rings is 1. The van der Waals surface area contributed by atoms with E-state index < -0.39 is 11.6 Å². The molecule has 1 saturated carbocycles. The summed E-state index contributed by atoms with van der Waals surface area (Å²) >= 11 is 0. The molecule has 0 aromatic heterocycles. The van der Waals surface area contributed by atoms with Crippen LogP contribution in [0.5, 0.6) is 0 Å². The number of rotatable bonds is 7. The van der Waals surface area contributed by atoms with E-state index in [-0.39, 0.29) is 35.2 Å². The van der Waals surface area contributed by atoms with E-state index in [1.165, 1.54) is 25.3 Å². The monoisotopic (exact) mass is 380 g/mol. The molecule has 1 aromatic rings. The van der Waals surface area contributed by atoms with Crippen LogP contribution in [0.25, 0.3) is 0 Å². The normalized spacial score (nSPS) is 23.1. The number of benzene rings is 1. The molecule has 0 unspecified atom stereocenters. The minimum Gasteiger partial charge on any atom is -0.469 e. The van der Waals surface area contributed by atoms with Gasteiger partial charge in [-0.1, -0.05) is 6.07 Å². The highest BCUT2D eigenvalue weighted by molar-refractivity contribution is 5.82. The minimum atomic E-state index is -0.578. The molecule has 0 radical (unpaired) electrons. The van der Waals surface area contributed by atoms with Crippen LogP contribution < -0.4 is 5.32 Å². The third-order valence-corrected chi connectivity index (χ3v) is 5.57. The predicted octanol–water partition coefficient (Wildman–Crippen LogP) is 2.46. The zero-order valence-corrected chi connectivity index (χ0v) is 15.5. The van der Waals surface area contributed by atoms with E-state index >= 15 is 0 Å². The van der Waals surface area contributed by atoms with E-state index in [4.69, 9.17) is 4.74 Å². The Bertz CT molecular complexity index is 670. The van der Waals surface area contributed by atoms with Crippen LogP contribution in [0.1, 0.15) is 37.2 Å². The van der Waals surface area contributed by atoms with E-state index in [2.05, 4.69) is 10.2 Å². The van der Waals surface area contributed by atoms with E-state index in [1.54, 1.807) is 0 Å². The average molecular weight is 380 g/mol. The number of esters is 1. The quantitative estimate of drug-likeness (QED) is 0.583. The van der Waals surface area contributed by atoms with Crippen molar-refractivity contribution in [1.29, 1.82) is 0 Å². The van der Waals surface area contributed by atoms with Crippen molar-refractivity contribution in [2.75, 3.05) is 33.3 Å². The van der Waals surface area contributed by atoms with Gasteiger partial charge in [0, 0.05) is 23.9 Å². The third kappa shape index (κ3) is 4.83. The number of amides is 1. The number of nitrogens with zero attached hydrogens (tertiary/aromatic N) is 1. The van der Waals surface area contributed by atoms with E-state index in [9.17, 15) is 18.4 Å². The zero-order chi connectivity index (χ0) is 19.4. The number of ether oxygens (including phenoxy) is 1. The molecule has 1 N–H and O–H groups in total. The first kappa shape index (κ1) is 19.7. The summed E-state index contributed by atoms with van der Waals surface area (Å²) in [5.74, 6) is -2.12. The second kappa shape index (κ2) is 8.78. The second-order valence-electron chi connectivity index (χ2n) is 7.37. The summed E-state index contributed by atoms with van der Waals surface area (Å²) in [5, 5.41) is 2.87. The lowest BCUT2D eigenvalue weighted by Crippen LogP contribution is -2.38. The molecule has 2 fully saturated rings. The fourth-order valence-electron chi connectivity index (χ4n) is 3.87. The molecular weight excluding hydrogens is 354 g/mol. The largest absolute Gasteiger partial charge is 0.469 e. The van der Waals surface area contributed by atoms with Crippen molar-refractivity contribution < 1.29 is 23.1 Å². The van der Waals surface area contributed by atoms with E-state index in [1.807, 2.05) is 0 Å². The summed E-state index contributed by atoms with van der Waals surface area (Å²) in [4.78, 5) is 26.0. The number of nitrogens with one attached hydrogen (secondary N) is 1. The highest BCUT2D eigenvalue weighted by Crippen LogP contribution is 2.49. The number of methoxy groups -OCH3 is 1. The van der Waals surface area contributed by atoms with Gasteiger partial charge in [0.25, 0.3) is 0 Å². The third-order valence-electron chi connectivity index (χ3n) is 5.57. The maximum absolute atomic E-state index is 13.8. The van der Waals surface area contributed by atoms with Gasteiger partial charge in [0.15, 0.2) is 0 Å². The number of hydrogen-bond donors (Lipinski definition) is 1. The van der Waals surface area contributed by atoms with Gasteiger partial charge in [-0.3, -0.25) is 9.59 Å². The smallest absolute Gasteiger partial charge is 0.308 e. The molecule has 1 aliphatic carbocycles. The SMILES string of the molecule is COC(=O)C1CCN(CCCNC(=O)[C@H]2C[C@H]2c2c(F)cccc2F)CC1. The number of carbonyl (C=O) groups excluding carboxylic acids is 2. The van der Waals surface area contributed by atoms with Crippen molar-refractivity contribution in [3.05, 3.63) is 35.4 Å². The van der Waals surface area contributed by atoms with Crippen molar-refractivity contribution >= 4 is 11.9 Å². The zero-order valence-electron chi connectivity index (χ0n) is 15.5. The molecule has 1 amide bonds. The van der Waals surface area contributed by atoms with Crippen LogP contribution in [0.3, 0.4) is 0 Å². The van der Waals surface area contributed by atoms with Crippen molar-refractivity contribution in [2.24, 2.45) is 11.8 Å². The van der Waals surface area contributed by atoms with Gasteiger partial charge in [-0.2, -0.15) is 0 Å². The van der Waals surface area contributed by atoms with Crippen LogP contribution in [0.2, 0.25) is 0 Å². The number of carbonyl (C=O) groups is 2. The fraction of sp³-hybridized carbons (Fsp3) is 0.600. The van der Waals surface area contributed by atoms with Gasteiger partial charge >= 0.3 is 5.97 Å². The summed E-state index contributed by atoms with van der Waals surface area (Å²) in [6, 6.07) is 3.80. The van der Waals surface area contributed by atoms with Gasteiger partial charge in [-0.15, -0.1) is 0 Å². The van der Waals surface area contributed by atoms with Gasteiger partial charge < -0.3 is 15.0 Å². The van der Waals surface area contributed by atoms with Crippen LogP contribution in [-0.2, 0) is 14.3 Å². The summed E-state index contributed by atoms with van der Waals surface area (Å²) in [6.07, 6.45) is 2.90. The Kier molecular flexibility index (Phi) is 6.42. The molecule has 2 aliphatic rings. The van der Waals surface area contributed by atoms with Crippen LogP contribution in [0, 0.1) is 23.5 Å². The summed E-state index contributed by atoms with van der Waals surface area (Å²) < 4.78 is 32.4. The number of hydrogen-bond acceptors (Lipinski definition) is 4. The minimum absolute atomic E-state index is 0.00321. The average Bonchev–Trinajstić information content (AvgIpc) is 3.45. The Balaban J connectivity index is 1.34. The molecule has 3 rings (SSSR count). The molecule has 0 bridgehead atoms. The van der Waals surface area contributed by atoms with Gasteiger partial charge in [0.1, 0.15) is 11.6 Å². The molecule has 2 atom stereocenters. The van der Waals surface area contributed by atoms with Crippen LogP contribution in [0.4, 0.5) is 8.78 Å². The first-order chi connectivity index (χ1) is 13.0. The molecule has 1 aromatic carbocycles. The standard InChI is InChI=1S/C20H26F2N2O3/c1-27-20(26)13-6-10-24(11-7-13)9-3-8-23-19(25)15-12-14(15)18-16(21)4-2-5-17(18)22/h2,4-5,13-15H,3,6-12H2,1H3,(H,23,25)/t14-,15+/m1/s1. The molecule has 5 nitrogen and oxygen atoms in total. The molecule has 0 spiro atoms. The Morgan fingerprint density at radius 3 is 2.52 bits per heavy atom. The second-order valence-corrected chi connectivity index (χ2v) is 7.37. The topological polar surface area (TPSA) is 58.6 Å². The Hall–Kier alpha value is -2.02. The molecule has 27 heavy (non-hydrogen) atoms. The van der Waals surface area contributed by atoms with Crippen molar-refractivity contribution in [2.45, 2.75) is 31.6 Å². The van der Waals surface area contributed by atoms with Gasteiger partial charge in [-0.25, -0.2) is 8.78 Å². The first-order valence-electron chi connectivity index (χ1n) is 9.53. The lowest BCUT2D eigenvalue weighted by atomic mass is 9.97. The Morgan fingerprint density at radius 2 is 1.89 bits per heavy atom. The summed E-state index contributed by atoms with van der Waals surface area (Å²) in [7, 11) is 1.42. The molecule has 1 saturated heterocycles. The molecular formula is C20H26F2N2O3. The van der Waals surface area contributed by atoms with Crippen LogP contribution in [-0.4, -0.2) is 50.1 Å². The van der Waals surface area contributed by atoms with E-state index in [0.29, 0.717) is 13.0 Å². The Morgan fingerprint density at radius 1 is 1.22 bits per heavy atom. The highest BCUT2D eigenvalue weighted by atomic mass is 19.1. The van der Waals surface area contributed by atoms with Gasteiger partial charge in [0.05, 0.1) is 13.0 Å². The lowest BCUT2D eigenvalue weighted by molar-refractivity contribution is -0.147. The van der Waals surface area contributed by atoms with Crippen molar-refractivity contribution in [3.8, 4) is 0 Å². The van der Waals surface area contributed by atoms with Gasteiger partial charge in [-0.05, 0) is 57.5 Å². The van der Waals surface area contributed by atoms with Crippen LogP contribution in [0.15, 0.2) is 18.2 Å². The first-order valence-corrected chi connectivity index (χ1v) is 9.53. The molecule has 7 heteroatoms. The van der Waals surface area contributed by atoms with Crippen molar-refractivity contribution in [1.82, 2.24) is 10.2 Å². The summed E-state index contributed by atoms with van der Waals surface area (Å²) in [6.45, 7) is 3.10. The molecule has 1 heterocycles.